The van der Waals surface area contributed by atoms with Crippen LogP contribution in [0.1, 0.15) is 34.4 Å². The SMILES string of the molecule is Cc1nc(C(=O)NCc2cccnc2)cc(N2c3ccccc3CC2C)n1. The van der Waals surface area contributed by atoms with Crippen LogP contribution in [0.5, 0.6) is 0 Å². The van der Waals surface area contributed by atoms with Gasteiger partial charge in [0.2, 0.25) is 0 Å². The van der Waals surface area contributed by atoms with Crippen LogP contribution in [0.2, 0.25) is 0 Å². The number of aryl methyl sites for hydroxylation is 1. The van der Waals surface area contributed by atoms with Crippen molar-refractivity contribution in [2.24, 2.45) is 0 Å². The van der Waals surface area contributed by atoms with Gasteiger partial charge in [0, 0.05) is 36.7 Å². The second kappa shape index (κ2) is 7.15. The third-order valence-corrected chi connectivity index (χ3v) is 4.69. The predicted molar refractivity (Wildman–Crippen MR) is 104 cm³/mol. The van der Waals surface area contributed by atoms with Gasteiger partial charge in [-0.1, -0.05) is 24.3 Å². The quantitative estimate of drug-likeness (QED) is 0.775. The molecule has 0 bridgehead atoms. The molecular weight excluding hydrogens is 338 g/mol. The highest BCUT2D eigenvalue weighted by atomic mass is 16.1. The molecule has 1 atom stereocenters. The van der Waals surface area contributed by atoms with E-state index < -0.39 is 0 Å². The van der Waals surface area contributed by atoms with Crippen LogP contribution in [0.4, 0.5) is 11.5 Å². The van der Waals surface area contributed by atoms with Crippen molar-refractivity contribution in [2.75, 3.05) is 4.90 Å². The Morgan fingerprint density at radius 1 is 1.22 bits per heavy atom. The molecule has 6 nitrogen and oxygen atoms in total. The fourth-order valence-electron chi connectivity index (χ4n) is 3.48. The first-order valence-electron chi connectivity index (χ1n) is 9.02. The minimum absolute atomic E-state index is 0.217. The molecule has 1 N–H and O–H groups in total. The zero-order chi connectivity index (χ0) is 18.8. The second-order valence-corrected chi connectivity index (χ2v) is 6.75. The lowest BCUT2D eigenvalue weighted by molar-refractivity contribution is 0.0945. The van der Waals surface area contributed by atoms with Gasteiger partial charge in [-0.15, -0.1) is 0 Å². The van der Waals surface area contributed by atoms with Crippen LogP contribution in [-0.2, 0) is 13.0 Å². The average Bonchev–Trinajstić information content (AvgIpc) is 3.02. The molecule has 27 heavy (non-hydrogen) atoms. The summed E-state index contributed by atoms with van der Waals surface area (Å²) >= 11 is 0. The van der Waals surface area contributed by atoms with Gasteiger partial charge in [0.25, 0.3) is 5.91 Å². The monoisotopic (exact) mass is 359 g/mol. The number of carbonyl (C=O) groups is 1. The van der Waals surface area contributed by atoms with E-state index in [4.69, 9.17) is 0 Å². The minimum atomic E-state index is -0.217. The van der Waals surface area contributed by atoms with Gasteiger partial charge in [0.1, 0.15) is 17.3 Å². The van der Waals surface area contributed by atoms with E-state index in [0.29, 0.717) is 18.1 Å². The van der Waals surface area contributed by atoms with Gasteiger partial charge in [-0.2, -0.15) is 0 Å². The Hall–Kier alpha value is -3.28. The third kappa shape index (κ3) is 3.51. The number of pyridine rings is 1. The molecule has 2 aromatic heterocycles. The van der Waals surface area contributed by atoms with Crippen molar-refractivity contribution in [3.05, 3.63) is 77.5 Å². The number of anilines is 2. The first-order chi connectivity index (χ1) is 13.1. The van der Waals surface area contributed by atoms with Crippen LogP contribution < -0.4 is 10.2 Å². The summed E-state index contributed by atoms with van der Waals surface area (Å²) in [5.41, 5.74) is 3.76. The number of aromatic nitrogens is 3. The Kier molecular flexibility index (Phi) is 4.54. The molecule has 0 saturated carbocycles. The van der Waals surface area contributed by atoms with E-state index in [-0.39, 0.29) is 11.9 Å². The molecule has 1 amide bonds. The van der Waals surface area contributed by atoms with Gasteiger partial charge >= 0.3 is 0 Å². The highest BCUT2D eigenvalue weighted by Gasteiger charge is 2.28. The van der Waals surface area contributed by atoms with E-state index in [1.807, 2.05) is 25.1 Å². The Balaban J connectivity index is 1.59. The van der Waals surface area contributed by atoms with Crippen molar-refractivity contribution >= 4 is 17.4 Å². The van der Waals surface area contributed by atoms with E-state index in [2.05, 4.69) is 50.3 Å². The number of rotatable bonds is 4. The number of para-hydroxylation sites is 1. The first-order valence-corrected chi connectivity index (χ1v) is 9.02. The number of benzene rings is 1. The van der Waals surface area contributed by atoms with Crippen LogP contribution in [-0.4, -0.2) is 26.9 Å². The van der Waals surface area contributed by atoms with Gasteiger partial charge in [-0.05, 0) is 43.5 Å². The van der Waals surface area contributed by atoms with E-state index in [0.717, 1.165) is 23.5 Å². The fourth-order valence-corrected chi connectivity index (χ4v) is 3.48. The van der Waals surface area contributed by atoms with Crippen LogP contribution >= 0.6 is 0 Å². The molecule has 3 heterocycles. The molecular formula is C21H21N5O. The smallest absolute Gasteiger partial charge is 0.270 e. The van der Waals surface area contributed by atoms with Crippen LogP contribution in [0, 0.1) is 6.92 Å². The highest BCUT2D eigenvalue weighted by Crippen LogP contribution is 2.37. The van der Waals surface area contributed by atoms with Crippen LogP contribution in [0.25, 0.3) is 0 Å². The molecule has 0 radical (unpaired) electrons. The molecule has 4 rings (SSSR count). The number of hydrogen-bond acceptors (Lipinski definition) is 5. The molecule has 0 fully saturated rings. The maximum Gasteiger partial charge on any atom is 0.270 e. The maximum absolute atomic E-state index is 12.6. The molecule has 1 aromatic carbocycles. The van der Waals surface area contributed by atoms with Crippen molar-refractivity contribution in [3.8, 4) is 0 Å². The van der Waals surface area contributed by atoms with Gasteiger partial charge in [-0.25, -0.2) is 9.97 Å². The zero-order valence-electron chi connectivity index (χ0n) is 15.4. The van der Waals surface area contributed by atoms with Gasteiger partial charge in [0.15, 0.2) is 0 Å². The van der Waals surface area contributed by atoms with Gasteiger partial charge in [0.05, 0.1) is 0 Å². The third-order valence-electron chi connectivity index (χ3n) is 4.69. The number of carbonyl (C=O) groups excluding carboxylic acids is 1. The van der Waals surface area contributed by atoms with E-state index in [1.54, 1.807) is 18.5 Å². The normalized spacial score (nSPS) is 15.5. The maximum atomic E-state index is 12.6. The second-order valence-electron chi connectivity index (χ2n) is 6.75. The molecule has 136 valence electrons. The number of hydrogen-bond donors (Lipinski definition) is 1. The van der Waals surface area contributed by atoms with E-state index >= 15 is 0 Å². The molecule has 0 spiro atoms. The lowest BCUT2D eigenvalue weighted by Gasteiger charge is -2.24. The summed E-state index contributed by atoms with van der Waals surface area (Å²) in [5, 5.41) is 2.90. The van der Waals surface area contributed by atoms with Crippen molar-refractivity contribution in [3.63, 3.8) is 0 Å². The summed E-state index contributed by atoms with van der Waals surface area (Å²) in [5.74, 6) is 1.12. The Labute approximate surface area is 158 Å². The summed E-state index contributed by atoms with van der Waals surface area (Å²) in [7, 11) is 0. The summed E-state index contributed by atoms with van der Waals surface area (Å²) in [6, 6.07) is 14.1. The summed E-state index contributed by atoms with van der Waals surface area (Å²) in [4.78, 5) is 27.8. The summed E-state index contributed by atoms with van der Waals surface area (Å²) in [6.07, 6.45) is 4.40. The molecule has 1 unspecified atom stereocenters. The number of amides is 1. The van der Waals surface area contributed by atoms with Gasteiger partial charge in [-0.3, -0.25) is 9.78 Å². The lowest BCUT2D eigenvalue weighted by Crippen LogP contribution is -2.28. The topological polar surface area (TPSA) is 71.0 Å². The molecule has 0 aliphatic carbocycles. The van der Waals surface area contributed by atoms with Crippen molar-refractivity contribution in [2.45, 2.75) is 32.9 Å². The standard InChI is InChI=1S/C21H21N5O/c1-14-10-17-7-3-4-8-19(17)26(14)20-11-18(24-15(2)25-20)21(27)23-13-16-6-5-9-22-12-16/h3-9,11-12,14H,10,13H2,1-2H3,(H,23,27). The largest absolute Gasteiger partial charge is 0.347 e. The fraction of sp³-hybridized carbons (Fsp3) is 0.238. The van der Waals surface area contributed by atoms with E-state index in [9.17, 15) is 4.79 Å². The predicted octanol–water partition coefficient (Wildman–Crippen LogP) is 3.19. The number of fused-ring (bicyclic) bond motifs is 1. The number of nitrogens with one attached hydrogen (secondary N) is 1. The first kappa shape index (κ1) is 17.1. The Bertz CT molecular complexity index is 973. The minimum Gasteiger partial charge on any atom is -0.347 e. The van der Waals surface area contributed by atoms with Crippen molar-refractivity contribution in [1.29, 1.82) is 0 Å². The Morgan fingerprint density at radius 2 is 2.07 bits per heavy atom. The van der Waals surface area contributed by atoms with Gasteiger partial charge < -0.3 is 10.2 Å². The average molecular weight is 359 g/mol. The van der Waals surface area contributed by atoms with Crippen molar-refractivity contribution in [1.82, 2.24) is 20.3 Å². The lowest BCUT2D eigenvalue weighted by atomic mass is 10.1. The molecule has 1 aliphatic rings. The van der Waals surface area contributed by atoms with Crippen molar-refractivity contribution < 1.29 is 4.79 Å². The van der Waals surface area contributed by atoms with Crippen LogP contribution in [0.3, 0.4) is 0 Å². The molecule has 6 heteroatoms. The summed E-state index contributed by atoms with van der Waals surface area (Å²) in [6.45, 7) is 4.39. The highest BCUT2D eigenvalue weighted by molar-refractivity contribution is 5.93. The molecule has 1 aliphatic heterocycles. The zero-order valence-corrected chi connectivity index (χ0v) is 15.4. The van der Waals surface area contributed by atoms with E-state index in [1.165, 1.54) is 5.56 Å². The molecule has 3 aromatic rings. The summed E-state index contributed by atoms with van der Waals surface area (Å²) < 4.78 is 0. The molecule has 0 saturated heterocycles. The number of nitrogens with zero attached hydrogens (tertiary/aromatic N) is 4. The Morgan fingerprint density at radius 3 is 2.89 bits per heavy atom. The van der Waals surface area contributed by atoms with Crippen LogP contribution in [0.15, 0.2) is 54.9 Å².